The van der Waals surface area contributed by atoms with Crippen LogP contribution < -0.4 is 14.2 Å². The molecule has 0 aliphatic rings. The first-order valence-electron chi connectivity index (χ1n) is 9.19. The SMILES string of the molecule is COc1ccccc1-n1cnnc1SCC(=O)N(C)Cc1cccc(OC)c1OC. The molecule has 0 aliphatic carbocycles. The second-order valence-electron chi connectivity index (χ2n) is 6.35. The van der Waals surface area contributed by atoms with E-state index in [2.05, 4.69) is 10.2 Å². The second kappa shape index (κ2) is 10.0. The summed E-state index contributed by atoms with van der Waals surface area (Å²) in [5.74, 6) is 2.14. The van der Waals surface area contributed by atoms with Crippen molar-refractivity contribution in [3.8, 4) is 22.9 Å². The molecule has 0 N–H and O–H groups in total. The number of para-hydroxylation sites is 3. The Balaban J connectivity index is 1.68. The fraction of sp³-hybridized carbons (Fsp3) is 0.286. The predicted octanol–water partition coefficient (Wildman–Crippen LogP) is 3.04. The van der Waals surface area contributed by atoms with E-state index in [9.17, 15) is 4.79 Å². The molecule has 0 aliphatic heterocycles. The van der Waals surface area contributed by atoms with Gasteiger partial charge >= 0.3 is 0 Å². The first kappa shape index (κ1) is 21.5. The molecule has 0 radical (unpaired) electrons. The molecule has 0 fully saturated rings. The summed E-state index contributed by atoms with van der Waals surface area (Å²) < 4.78 is 18.0. The summed E-state index contributed by atoms with van der Waals surface area (Å²) in [6, 6.07) is 13.2. The van der Waals surface area contributed by atoms with Crippen molar-refractivity contribution in [2.24, 2.45) is 0 Å². The number of carbonyl (C=O) groups is 1. The highest BCUT2D eigenvalue weighted by Gasteiger charge is 2.17. The van der Waals surface area contributed by atoms with Crippen LogP contribution in [-0.4, -0.2) is 59.7 Å². The number of ether oxygens (including phenoxy) is 3. The zero-order chi connectivity index (χ0) is 21.5. The number of hydrogen-bond donors (Lipinski definition) is 0. The van der Waals surface area contributed by atoms with Gasteiger partial charge in [-0.3, -0.25) is 9.36 Å². The van der Waals surface area contributed by atoms with E-state index < -0.39 is 0 Å². The van der Waals surface area contributed by atoms with Crippen LogP contribution in [0.15, 0.2) is 53.9 Å². The largest absolute Gasteiger partial charge is 0.495 e. The van der Waals surface area contributed by atoms with E-state index >= 15 is 0 Å². The molecule has 1 amide bonds. The van der Waals surface area contributed by atoms with Gasteiger partial charge in [0.25, 0.3) is 0 Å². The average Bonchev–Trinajstić information content (AvgIpc) is 3.25. The number of methoxy groups -OCH3 is 3. The maximum atomic E-state index is 12.7. The third kappa shape index (κ3) is 4.68. The summed E-state index contributed by atoms with van der Waals surface area (Å²) in [6.45, 7) is 0.402. The fourth-order valence-corrected chi connectivity index (χ4v) is 3.84. The molecule has 0 bridgehead atoms. The molecule has 9 heteroatoms. The van der Waals surface area contributed by atoms with Crippen LogP contribution in [0.2, 0.25) is 0 Å². The molecule has 1 heterocycles. The van der Waals surface area contributed by atoms with Gasteiger partial charge in [0, 0.05) is 19.2 Å². The lowest BCUT2D eigenvalue weighted by molar-refractivity contribution is -0.127. The number of amides is 1. The Hall–Kier alpha value is -3.20. The molecule has 0 saturated carbocycles. The van der Waals surface area contributed by atoms with Gasteiger partial charge in [0.05, 0.1) is 32.8 Å². The maximum absolute atomic E-state index is 12.7. The summed E-state index contributed by atoms with van der Waals surface area (Å²) in [5.41, 5.74) is 1.68. The normalized spacial score (nSPS) is 10.5. The number of nitrogens with zero attached hydrogens (tertiary/aromatic N) is 4. The van der Waals surface area contributed by atoms with Crippen molar-refractivity contribution >= 4 is 17.7 Å². The number of rotatable bonds is 9. The van der Waals surface area contributed by atoms with Crippen molar-refractivity contribution in [1.82, 2.24) is 19.7 Å². The summed E-state index contributed by atoms with van der Waals surface area (Å²) in [7, 11) is 6.54. The van der Waals surface area contributed by atoms with Gasteiger partial charge in [-0.2, -0.15) is 0 Å². The molecule has 0 unspecified atom stereocenters. The fourth-order valence-electron chi connectivity index (χ4n) is 2.98. The van der Waals surface area contributed by atoms with Gasteiger partial charge in [0.15, 0.2) is 16.7 Å². The number of benzene rings is 2. The van der Waals surface area contributed by atoms with Crippen molar-refractivity contribution in [1.29, 1.82) is 0 Å². The molecule has 158 valence electrons. The van der Waals surface area contributed by atoms with E-state index in [1.165, 1.54) is 11.8 Å². The highest BCUT2D eigenvalue weighted by molar-refractivity contribution is 7.99. The van der Waals surface area contributed by atoms with Crippen LogP contribution in [0.25, 0.3) is 5.69 Å². The Morgan fingerprint density at radius 3 is 2.50 bits per heavy atom. The minimum absolute atomic E-state index is 0.0422. The van der Waals surface area contributed by atoms with Gasteiger partial charge in [-0.15, -0.1) is 10.2 Å². The molecule has 0 saturated heterocycles. The maximum Gasteiger partial charge on any atom is 0.233 e. The van der Waals surface area contributed by atoms with E-state index in [0.717, 1.165) is 11.3 Å². The Kier molecular flexibility index (Phi) is 7.18. The summed E-state index contributed by atoms with van der Waals surface area (Å²) in [6.07, 6.45) is 1.61. The highest BCUT2D eigenvalue weighted by Crippen LogP contribution is 2.31. The quantitative estimate of drug-likeness (QED) is 0.485. The smallest absolute Gasteiger partial charge is 0.233 e. The van der Waals surface area contributed by atoms with E-state index in [1.807, 2.05) is 47.0 Å². The standard InChI is InChI=1S/C21H24N4O4S/c1-24(12-15-8-7-11-18(28-3)20(15)29-4)19(26)13-30-21-23-22-14-25(21)16-9-5-6-10-17(16)27-2/h5-11,14H,12-13H2,1-4H3. The van der Waals surface area contributed by atoms with Crippen molar-refractivity contribution in [2.45, 2.75) is 11.7 Å². The molecular formula is C21H24N4O4S. The molecule has 3 aromatic rings. The van der Waals surface area contributed by atoms with E-state index in [1.54, 1.807) is 39.6 Å². The summed E-state index contributed by atoms with van der Waals surface area (Å²) >= 11 is 1.32. The van der Waals surface area contributed by atoms with Crippen LogP contribution in [0.3, 0.4) is 0 Å². The van der Waals surface area contributed by atoms with Crippen molar-refractivity contribution in [3.05, 3.63) is 54.4 Å². The minimum atomic E-state index is -0.0422. The van der Waals surface area contributed by atoms with Crippen LogP contribution in [0, 0.1) is 0 Å². The van der Waals surface area contributed by atoms with Crippen LogP contribution in [0.1, 0.15) is 5.56 Å². The van der Waals surface area contributed by atoms with Crippen molar-refractivity contribution < 1.29 is 19.0 Å². The van der Waals surface area contributed by atoms with Gasteiger partial charge in [-0.25, -0.2) is 0 Å². The lowest BCUT2D eigenvalue weighted by Gasteiger charge is -2.20. The van der Waals surface area contributed by atoms with Gasteiger partial charge < -0.3 is 19.1 Å². The zero-order valence-corrected chi connectivity index (χ0v) is 18.2. The lowest BCUT2D eigenvalue weighted by atomic mass is 10.1. The Morgan fingerprint density at radius 1 is 1.03 bits per heavy atom. The predicted molar refractivity (Wildman–Crippen MR) is 115 cm³/mol. The van der Waals surface area contributed by atoms with Crippen molar-refractivity contribution in [2.75, 3.05) is 34.1 Å². The van der Waals surface area contributed by atoms with Crippen molar-refractivity contribution in [3.63, 3.8) is 0 Å². The zero-order valence-electron chi connectivity index (χ0n) is 17.4. The third-order valence-electron chi connectivity index (χ3n) is 4.50. The molecular weight excluding hydrogens is 404 g/mol. The molecule has 1 aromatic heterocycles. The molecule has 0 atom stereocenters. The van der Waals surface area contributed by atoms with Gasteiger partial charge in [0.1, 0.15) is 12.1 Å². The molecule has 2 aromatic carbocycles. The Morgan fingerprint density at radius 2 is 1.77 bits per heavy atom. The van der Waals surface area contributed by atoms with Gasteiger partial charge in [-0.05, 0) is 18.2 Å². The number of hydrogen-bond acceptors (Lipinski definition) is 7. The lowest BCUT2D eigenvalue weighted by Crippen LogP contribution is -2.28. The topological polar surface area (TPSA) is 78.7 Å². The van der Waals surface area contributed by atoms with Crippen LogP contribution in [-0.2, 0) is 11.3 Å². The Labute approximate surface area is 179 Å². The molecule has 0 spiro atoms. The third-order valence-corrected chi connectivity index (χ3v) is 5.43. The first-order chi connectivity index (χ1) is 14.6. The van der Waals surface area contributed by atoms with E-state index in [-0.39, 0.29) is 11.7 Å². The van der Waals surface area contributed by atoms with E-state index in [4.69, 9.17) is 14.2 Å². The monoisotopic (exact) mass is 428 g/mol. The molecule has 3 rings (SSSR count). The minimum Gasteiger partial charge on any atom is -0.495 e. The number of carbonyl (C=O) groups excluding carboxylic acids is 1. The molecule has 8 nitrogen and oxygen atoms in total. The first-order valence-corrected chi connectivity index (χ1v) is 10.2. The number of aromatic nitrogens is 3. The van der Waals surface area contributed by atoms with E-state index in [0.29, 0.717) is 28.9 Å². The van der Waals surface area contributed by atoms with Crippen LogP contribution in [0.5, 0.6) is 17.2 Å². The van der Waals surface area contributed by atoms with Crippen LogP contribution >= 0.6 is 11.8 Å². The number of thioether (sulfide) groups is 1. The van der Waals surface area contributed by atoms with Gasteiger partial charge in [-0.1, -0.05) is 36.0 Å². The Bertz CT molecular complexity index is 1010. The summed E-state index contributed by atoms with van der Waals surface area (Å²) in [4.78, 5) is 14.4. The molecule has 30 heavy (non-hydrogen) atoms. The summed E-state index contributed by atoms with van der Waals surface area (Å²) in [5, 5.41) is 8.75. The average molecular weight is 429 g/mol. The van der Waals surface area contributed by atoms with Gasteiger partial charge in [0.2, 0.25) is 5.91 Å². The second-order valence-corrected chi connectivity index (χ2v) is 7.29. The van der Waals surface area contributed by atoms with Crippen LogP contribution in [0.4, 0.5) is 0 Å². The highest BCUT2D eigenvalue weighted by atomic mass is 32.2.